The predicted molar refractivity (Wildman–Crippen MR) is 138 cm³/mol. The molecule has 0 aromatic heterocycles. The summed E-state index contributed by atoms with van der Waals surface area (Å²) in [6.45, 7) is 1.08. The van der Waals surface area contributed by atoms with Crippen LogP contribution in [0.4, 0.5) is 4.79 Å². The van der Waals surface area contributed by atoms with E-state index in [-0.39, 0.29) is 31.2 Å². The summed E-state index contributed by atoms with van der Waals surface area (Å²) in [5, 5.41) is 2.77. The molecule has 5 rings (SSSR count). The van der Waals surface area contributed by atoms with E-state index in [1.807, 2.05) is 36.4 Å². The molecule has 2 aliphatic heterocycles. The number of hydrogen-bond donors (Lipinski definition) is 2. The first kappa shape index (κ1) is 26.5. The molecule has 2 fully saturated rings. The van der Waals surface area contributed by atoms with Crippen LogP contribution < -0.4 is 11.1 Å². The smallest absolute Gasteiger partial charge is 0.377 e. The predicted octanol–water partition coefficient (Wildman–Crippen LogP) is 3.49. The van der Waals surface area contributed by atoms with Gasteiger partial charge in [-0.1, -0.05) is 60.7 Å². The molecule has 3 aromatic carbocycles. The molecule has 0 spiro atoms. The quantitative estimate of drug-likeness (QED) is 0.277. The minimum absolute atomic E-state index is 0. The fraction of sp³-hybridized carbons (Fsp3) is 0.250. The third-order valence-electron chi connectivity index (χ3n) is 6.67. The van der Waals surface area contributed by atoms with Crippen LogP contribution in [0.5, 0.6) is 0 Å². The average Bonchev–Trinajstić information content (AvgIpc) is 2.85. The summed E-state index contributed by atoms with van der Waals surface area (Å²) >= 11 is 0. The van der Waals surface area contributed by atoms with Crippen LogP contribution in [-0.2, 0) is 31.7 Å². The van der Waals surface area contributed by atoms with Crippen molar-refractivity contribution in [1.82, 2.24) is 5.32 Å². The first-order valence-corrected chi connectivity index (χ1v) is 11.6. The van der Waals surface area contributed by atoms with Gasteiger partial charge in [0, 0.05) is 5.56 Å². The standard InChI is InChI=1S/C28H26N2O6.ClH/c29-27(15-34-16-27)24-11-5-10-22(23(24)13-19-6-2-1-3-7-19)25(32)36-26(33)30-28(17-35-18-28)21-9-4-8-20(12-21)14-31;/h1-12,14H,13,15-18,29H2,(H,30,33);1H. The number of aldehydes is 1. The number of carbonyl (C=O) groups excluding carboxylic acids is 3. The fourth-order valence-corrected chi connectivity index (χ4v) is 4.60. The van der Waals surface area contributed by atoms with Gasteiger partial charge in [0.05, 0.1) is 37.5 Å². The van der Waals surface area contributed by atoms with E-state index < -0.39 is 23.1 Å². The van der Waals surface area contributed by atoms with Gasteiger partial charge in [-0.25, -0.2) is 9.59 Å². The van der Waals surface area contributed by atoms with Gasteiger partial charge >= 0.3 is 12.1 Å². The van der Waals surface area contributed by atoms with Crippen molar-refractivity contribution in [2.45, 2.75) is 17.5 Å². The molecule has 3 aromatic rings. The molecule has 37 heavy (non-hydrogen) atoms. The van der Waals surface area contributed by atoms with Crippen LogP contribution in [0.25, 0.3) is 0 Å². The fourth-order valence-electron chi connectivity index (χ4n) is 4.60. The third kappa shape index (κ3) is 5.28. The van der Waals surface area contributed by atoms with Crippen molar-refractivity contribution in [3.8, 4) is 0 Å². The molecule has 2 saturated heterocycles. The van der Waals surface area contributed by atoms with Gasteiger partial charge in [-0.05, 0) is 40.8 Å². The normalized spacial score (nSPS) is 16.8. The number of hydrogen-bond acceptors (Lipinski definition) is 7. The van der Waals surface area contributed by atoms with Crippen LogP contribution in [0, 0.1) is 0 Å². The van der Waals surface area contributed by atoms with Crippen LogP contribution in [0.3, 0.4) is 0 Å². The molecule has 0 bridgehead atoms. The van der Waals surface area contributed by atoms with E-state index in [0.717, 1.165) is 17.4 Å². The molecule has 1 amide bonds. The summed E-state index contributed by atoms with van der Waals surface area (Å²) in [7, 11) is 0. The number of esters is 1. The van der Waals surface area contributed by atoms with Crippen molar-refractivity contribution >= 4 is 30.8 Å². The number of benzene rings is 3. The molecule has 9 heteroatoms. The van der Waals surface area contributed by atoms with E-state index in [0.29, 0.717) is 36.3 Å². The Labute approximate surface area is 220 Å². The van der Waals surface area contributed by atoms with E-state index in [4.69, 9.17) is 19.9 Å². The number of rotatable bonds is 7. The van der Waals surface area contributed by atoms with E-state index >= 15 is 0 Å². The Bertz CT molecular complexity index is 1310. The molecular formula is C28H27ClN2O6. The van der Waals surface area contributed by atoms with Crippen molar-refractivity contribution in [2.75, 3.05) is 26.4 Å². The number of alkyl carbamates (subject to hydrolysis) is 1. The lowest BCUT2D eigenvalue weighted by Gasteiger charge is -2.42. The monoisotopic (exact) mass is 522 g/mol. The summed E-state index contributed by atoms with van der Waals surface area (Å²) in [6.07, 6.45) is 0.278. The highest BCUT2D eigenvalue weighted by Gasteiger charge is 2.43. The topological polar surface area (TPSA) is 117 Å². The Kier molecular flexibility index (Phi) is 7.75. The Balaban J connectivity index is 0.00000320. The molecule has 3 N–H and O–H groups in total. The minimum atomic E-state index is -0.898. The van der Waals surface area contributed by atoms with Crippen molar-refractivity contribution in [3.05, 3.63) is 106 Å². The van der Waals surface area contributed by atoms with Gasteiger partial charge in [0.15, 0.2) is 0 Å². The van der Waals surface area contributed by atoms with Gasteiger partial charge in [0.1, 0.15) is 11.8 Å². The van der Waals surface area contributed by atoms with Crippen molar-refractivity contribution < 1.29 is 28.6 Å². The third-order valence-corrected chi connectivity index (χ3v) is 6.67. The second-order valence-corrected chi connectivity index (χ2v) is 9.26. The number of nitrogens with one attached hydrogen (secondary N) is 1. The molecule has 0 saturated carbocycles. The number of halogens is 1. The summed E-state index contributed by atoms with van der Waals surface area (Å²) in [5.41, 5.74) is 8.89. The van der Waals surface area contributed by atoms with Gasteiger partial charge < -0.3 is 25.3 Å². The SMILES string of the molecule is Cl.NC1(c2cccc(C(=O)OC(=O)NC3(c4cccc(C=O)c4)COC3)c2Cc2ccccc2)COC1. The van der Waals surface area contributed by atoms with Crippen molar-refractivity contribution in [2.24, 2.45) is 5.73 Å². The molecule has 2 aliphatic rings. The lowest BCUT2D eigenvalue weighted by Crippen LogP contribution is -2.59. The zero-order valence-electron chi connectivity index (χ0n) is 20.0. The number of ether oxygens (including phenoxy) is 3. The van der Waals surface area contributed by atoms with Crippen LogP contribution >= 0.6 is 12.4 Å². The molecule has 8 nitrogen and oxygen atoms in total. The second kappa shape index (κ2) is 10.8. The molecule has 0 atom stereocenters. The summed E-state index contributed by atoms with van der Waals surface area (Å²) in [6, 6.07) is 21.8. The maximum absolute atomic E-state index is 13.2. The van der Waals surface area contributed by atoms with Crippen molar-refractivity contribution in [1.29, 1.82) is 0 Å². The zero-order valence-corrected chi connectivity index (χ0v) is 20.8. The first-order valence-electron chi connectivity index (χ1n) is 11.6. The molecule has 0 unspecified atom stereocenters. The van der Waals surface area contributed by atoms with Crippen LogP contribution in [0.2, 0.25) is 0 Å². The largest absolute Gasteiger partial charge is 0.416 e. The van der Waals surface area contributed by atoms with Crippen LogP contribution in [-0.4, -0.2) is 44.8 Å². The lowest BCUT2D eigenvalue weighted by molar-refractivity contribution is -0.0749. The van der Waals surface area contributed by atoms with Crippen molar-refractivity contribution in [3.63, 3.8) is 0 Å². The Hall–Kier alpha value is -3.56. The lowest BCUT2D eigenvalue weighted by atomic mass is 9.82. The van der Waals surface area contributed by atoms with Gasteiger partial charge in [-0.2, -0.15) is 0 Å². The Morgan fingerprint density at radius 2 is 1.65 bits per heavy atom. The van der Waals surface area contributed by atoms with Gasteiger partial charge in [-0.15, -0.1) is 12.4 Å². The number of nitrogens with two attached hydrogens (primary N) is 1. The Morgan fingerprint density at radius 3 is 2.27 bits per heavy atom. The average molecular weight is 523 g/mol. The van der Waals surface area contributed by atoms with Crippen LogP contribution in [0.15, 0.2) is 72.8 Å². The number of amides is 1. The Morgan fingerprint density at radius 1 is 0.946 bits per heavy atom. The molecule has 192 valence electrons. The first-order chi connectivity index (χ1) is 17.4. The van der Waals surface area contributed by atoms with E-state index in [1.54, 1.807) is 36.4 Å². The highest BCUT2D eigenvalue weighted by atomic mass is 35.5. The molecule has 0 radical (unpaired) electrons. The summed E-state index contributed by atoms with van der Waals surface area (Å²) < 4.78 is 16.0. The molecule has 0 aliphatic carbocycles. The maximum Gasteiger partial charge on any atom is 0.416 e. The zero-order chi connectivity index (χ0) is 25.2. The minimum Gasteiger partial charge on any atom is -0.377 e. The molecule has 2 heterocycles. The maximum atomic E-state index is 13.2. The van der Waals surface area contributed by atoms with Crippen LogP contribution in [0.1, 0.15) is 43.0 Å². The van der Waals surface area contributed by atoms with Gasteiger partial charge in [0.25, 0.3) is 0 Å². The summed E-state index contributed by atoms with van der Waals surface area (Å²) in [5.74, 6) is -0.777. The molecular weight excluding hydrogens is 496 g/mol. The second-order valence-electron chi connectivity index (χ2n) is 9.26. The van der Waals surface area contributed by atoms with Gasteiger partial charge in [-0.3, -0.25) is 4.79 Å². The van der Waals surface area contributed by atoms with E-state index in [2.05, 4.69) is 5.32 Å². The van der Waals surface area contributed by atoms with E-state index in [1.165, 1.54) is 0 Å². The van der Waals surface area contributed by atoms with E-state index in [9.17, 15) is 14.4 Å². The summed E-state index contributed by atoms with van der Waals surface area (Å²) in [4.78, 5) is 37.3. The highest BCUT2D eigenvalue weighted by molar-refractivity contribution is 5.98. The number of carbonyl (C=O) groups is 3. The highest BCUT2D eigenvalue weighted by Crippen LogP contribution is 2.33. The van der Waals surface area contributed by atoms with Gasteiger partial charge in [0.2, 0.25) is 0 Å².